The average molecular weight is 279 g/mol. The van der Waals surface area contributed by atoms with Crippen molar-refractivity contribution in [1.82, 2.24) is 4.90 Å². The van der Waals surface area contributed by atoms with Crippen molar-refractivity contribution in [2.75, 3.05) is 6.54 Å². The van der Waals surface area contributed by atoms with Crippen molar-refractivity contribution in [3.63, 3.8) is 0 Å². The second kappa shape index (κ2) is 5.17. The number of aryl methyl sites for hydroxylation is 1. The molecular weight excluding hydrogens is 262 g/mol. The van der Waals surface area contributed by atoms with Gasteiger partial charge in [-0.05, 0) is 44.9 Å². The van der Waals surface area contributed by atoms with E-state index in [-0.39, 0.29) is 5.91 Å². The van der Waals surface area contributed by atoms with Crippen LogP contribution in [0.3, 0.4) is 0 Å². The Morgan fingerprint density at radius 1 is 1.47 bits per heavy atom. The molecule has 2 heterocycles. The van der Waals surface area contributed by atoms with Crippen molar-refractivity contribution in [3.05, 3.63) is 28.0 Å². The van der Waals surface area contributed by atoms with Gasteiger partial charge in [-0.15, -0.1) is 11.3 Å². The molecule has 1 unspecified atom stereocenters. The number of likely N-dealkylation sites (tertiary alicyclic amines) is 1. The lowest BCUT2D eigenvalue weighted by atomic mass is 9.99. The van der Waals surface area contributed by atoms with Crippen LogP contribution in [0, 0.1) is 6.92 Å². The minimum Gasteiger partial charge on any atom is -0.480 e. The number of thiophene rings is 1. The minimum atomic E-state index is -1.06. The number of carbonyl (C=O) groups is 2. The van der Waals surface area contributed by atoms with E-state index in [2.05, 4.69) is 0 Å². The van der Waals surface area contributed by atoms with Gasteiger partial charge in [0.25, 0.3) is 0 Å². The maximum Gasteiger partial charge on any atom is 0.329 e. The number of amides is 1. The molecule has 102 valence electrons. The fraction of sp³-hybridized carbons (Fsp3) is 0.429. The van der Waals surface area contributed by atoms with E-state index in [9.17, 15) is 14.7 Å². The SMILES string of the molecule is Cc1ccc(C=CC(=O)N2CCCC2(C)C(=O)O)s1. The summed E-state index contributed by atoms with van der Waals surface area (Å²) < 4.78 is 0. The predicted octanol–water partition coefficient (Wildman–Crippen LogP) is 2.54. The molecule has 0 aromatic carbocycles. The van der Waals surface area contributed by atoms with E-state index < -0.39 is 11.5 Å². The number of nitrogens with zero attached hydrogens (tertiary/aromatic N) is 1. The molecule has 1 atom stereocenters. The molecule has 0 spiro atoms. The summed E-state index contributed by atoms with van der Waals surface area (Å²) in [6, 6.07) is 3.94. The summed E-state index contributed by atoms with van der Waals surface area (Å²) in [6.07, 6.45) is 4.47. The highest BCUT2D eigenvalue weighted by molar-refractivity contribution is 7.12. The van der Waals surface area contributed by atoms with Crippen LogP contribution >= 0.6 is 11.3 Å². The largest absolute Gasteiger partial charge is 0.480 e. The molecule has 0 aliphatic carbocycles. The van der Waals surface area contributed by atoms with E-state index in [0.717, 1.165) is 11.3 Å². The van der Waals surface area contributed by atoms with Gasteiger partial charge in [0.15, 0.2) is 0 Å². The van der Waals surface area contributed by atoms with E-state index >= 15 is 0 Å². The van der Waals surface area contributed by atoms with Crippen molar-refractivity contribution < 1.29 is 14.7 Å². The van der Waals surface area contributed by atoms with Crippen molar-refractivity contribution in [2.45, 2.75) is 32.2 Å². The zero-order valence-electron chi connectivity index (χ0n) is 11.0. The summed E-state index contributed by atoms with van der Waals surface area (Å²) in [6.45, 7) is 4.13. The zero-order valence-corrected chi connectivity index (χ0v) is 11.9. The molecule has 1 aromatic heterocycles. The highest BCUT2D eigenvalue weighted by atomic mass is 32.1. The van der Waals surface area contributed by atoms with E-state index in [4.69, 9.17) is 0 Å². The number of rotatable bonds is 3. The van der Waals surface area contributed by atoms with Crippen LogP contribution in [0.5, 0.6) is 0 Å². The van der Waals surface area contributed by atoms with Crippen LogP contribution in [0.2, 0.25) is 0 Å². The molecule has 4 nitrogen and oxygen atoms in total. The standard InChI is InChI=1S/C14H17NO3S/c1-10-4-5-11(19-10)6-7-12(16)15-9-3-8-14(15,2)13(17)18/h4-7H,3,8-9H2,1-2H3,(H,17,18). The van der Waals surface area contributed by atoms with Gasteiger partial charge in [0.1, 0.15) is 5.54 Å². The maximum absolute atomic E-state index is 12.1. The quantitative estimate of drug-likeness (QED) is 0.865. The maximum atomic E-state index is 12.1. The van der Waals surface area contributed by atoms with Gasteiger partial charge >= 0.3 is 5.97 Å². The van der Waals surface area contributed by atoms with Gasteiger partial charge in [0.2, 0.25) is 5.91 Å². The number of carboxylic acid groups (broad SMARTS) is 1. The average Bonchev–Trinajstić information content (AvgIpc) is 2.93. The molecule has 0 saturated carbocycles. The smallest absolute Gasteiger partial charge is 0.329 e. The number of carboxylic acids is 1. The van der Waals surface area contributed by atoms with E-state index in [1.165, 1.54) is 15.9 Å². The topological polar surface area (TPSA) is 57.6 Å². The summed E-state index contributed by atoms with van der Waals surface area (Å²) in [5, 5.41) is 9.26. The molecule has 5 heteroatoms. The molecule has 1 aliphatic rings. The van der Waals surface area contributed by atoms with Gasteiger partial charge in [-0.25, -0.2) is 4.79 Å². The molecule has 1 amide bonds. The van der Waals surface area contributed by atoms with Crippen LogP contribution < -0.4 is 0 Å². The molecule has 1 N–H and O–H groups in total. The van der Waals surface area contributed by atoms with Gasteiger partial charge in [-0.3, -0.25) is 4.79 Å². The third-order valence-corrected chi connectivity index (χ3v) is 4.49. The molecule has 0 bridgehead atoms. The van der Waals surface area contributed by atoms with Crippen molar-refractivity contribution in [3.8, 4) is 0 Å². The third kappa shape index (κ3) is 2.71. The van der Waals surface area contributed by atoms with Crippen LogP contribution in [0.15, 0.2) is 18.2 Å². The Bertz CT molecular complexity index is 535. The minimum absolute atomic E-state index is 0.228. The van der Waals surface area contributed by atoms with E-state index in [1.54, 1.807) is 24.3 Å². The summed E-state index contributed by atoms with van der Waals surface area (Å²) in [4.78, 5) is 27.1. The highest BCUT2D eigenvalue weighted by Gasteiger charge is 2.45. The molecule has 1 aromatic rings. The second-order valence-electron chi connectivity index (χ2n) is 4.95. The monoisotopic (exact) mass is 279 g/mol. The van der Waals surface area contributed by atoms with Crippen molar-refractivity contribution >= 4 is 29.3 Å². The lowest BCUT2D eigenvalue weighted by Gasteiger charge is -2.30. The first kappa shape index (κ1) is 13.8. The van der Waals surface area contributed by atoms with Gasteiger partial charge in [0, 0.05) is 22.4 Å². The first-order valence-electron chi connectivity index (χ1n) is 6.23. The number of hydrogen-bond donors (Lipinski definition) is 1. The van der Waals surface area contributed by atoms with E-state index in [0.29, 0.717) is 13.0 Å². The fourth-order valence-corrected chi connectivity index (χ4v) is 3.11. The van der Waals surface area contributed by atoms with Crippen molar-refractivity contribution in [1.29, 1.82) is 0 Å². The Balaban J connectivity index is 2.12. The van der Waals surface area contributed by atoms with Crippen LogP contribution in [0.25, 0.3) is 6.08 Å². The Morgan fingerprint density at radius 3 is 2.79 bits per heavy atom. The molecule has 1 saturated heterocycles. The summed E-state index contributed by atoms with van der Waals surface area (Å²) in [7, 11) is 0. The van der Waals surface area contributed by atoms with Crippen LogP contribution in [-0.4, -0.2) is 34.0 Å². The number of aliphatic carboxylic acids is 1. The van der Waals surface area contributed by atoms with Gasteiger partial charge in [-0.2, -0.15) is 0 Å². The van der Waals surface area contributed by atoms with Gasteiger partial charge in [-0.1, -0.05) is 0 Å². The Hall–Kier alpha value is -1.62. The summed E-state index contributed by atoms with van der Waals surface area (Å²) in [5.41, 5.74) is -1.06. The lowest BCUT2D eigenvalue weighted by Crippen LogP contribution is -2.50. The first-order chi connectivity index (χ1) is 8.93. The van der Waals surface area contributed by atoms with Gasteiger partial charge < -0.3 is 10.0 Å². The fourth-order valence-electron chi connectivity index (χ4n) is 2.33. The van der Waals surface area contributed by atoms with Crippen LogP contribution in [0.1, 0.15) is 29.5 Å². The van der Waals surface area contributed by atoms with Crippen LogP contribution in [-0.2, 0) is 9.59 Å². The normalized spacial score (nSPS) is 23.2. The summed E-state index contributed by atoms with van der Waals surface area (Å²) in [5.74, 6) is -1.16. The molecule has 2 rings (SSSR count). The van der Waals surface area contributed by atoms with Crippen molar-refractivity contribution in [2.24, 2.45) is 0 Å². The van der Waals surface area contributed by atoms with Crippen LogP contribution in [0.4, 0.5) is 0 Å². The predicted molar refractivity (Wildman–Crippen MR) is 75.1 cm³/mol. The molecule has 1 aliphatic heterocycles. The Morgan fingerprint density at radius 2 is 2.21 bits per heavy atom. The summed E-state index contributed by atoms with van der Waals surface area (Å²) >= 11 is 1.60. The van der Waals surface area contributed by atoms with E-state index in [1.807, 2.05) is 19.1 Å². The van der Waals surface area contributed by atoms with Gasteiger partial charge in [0.05, 0.1) is 0 Å². The molecule has 0 radical (unpaired) electrons. The second-order valence-corrected chi connectivity index (χ2v) is 6.27. The molecule has 1 fully saturated rings. The molecule has 19 heavy (non-hydrogen) atoms. The number of carbonyl (C=O) groups excluding carboxylic acids is 1. The highest BCUT2D eigenvalue weighted by Crippen LogP contribution is 2.29. The zero-order chi connectivity index (χ0) is 14.0. The molecular formula is C14H17NO3S. The lowest BCUT2D eigenvalue weighted by molar-refractivity contribution is -0.153. The first-order valence-corrected chi connectivity index (χ1v) is 7.04. The Labute approximate surface area is 116 Å². The Kier molecular flexibility index (Phi) is 3.75. The third-order valence-electron chi connectivity index (χ3n) is 3.52. The number of hydrogen-bond acceptors (Lipinski definition) is 3.